The van der Waals surface area contributed by atoms with Crippen LogP contribution in [0.2, 0.25) is 0 Å². The molecule has 6 nitrogen and oxygen atoms in total. The Balaban J connectivity index is 0. The molecular weight excluding hydrogens is 322 g/mol. The molecule has 114 valence electrons. The van der Waals surface area contributed by atoms with Crippen LogP contribution in [0.4, 0.5) is 9.59 Å². The van der Waals surface area contributed by atoms with E-state index >= 15 is 0 Å². The molecule has 0 spiro atoms. The van der Waals surface area contributed by atoms with E-state index in [4.69, 9.17) is 45.0 Å². The first-order valence-corrected chi connectivity index (χ1v) is 6.57. The standard InChI is InChI=1S/C5H8Cl2O3.C5H9ClO3/c1-2-5(6,7)3-10-4(8)9;1-2-4(6)3-9-5(7)8/h2-3H2,1H3,(H,8,9);4H,2-3H2,1H3,(H,7,8). The Morgan fingerprint density at radius 2 is 1.63 bits per heavy atom. The van der Waals surface area contributed by atoms with Crippen LogP contribution in [0.5, 0.6) is 0 Å². The van der Waals surface area contributed by atoms with Crippen molar-refractivity contribution in [3.63, 3.8) is 0 Å². The zero-order chi connectivity index (χ0) is 15.5. The normalized spacial score (nSPS) is 11.8. The maximum atomic E-state index is 9.82. The number of halogens is 3. The number of alkyl halides is 3. The highest BCUT2D eigenvalue weighted by atomic mass is 35.5. The molecule has 0 amide bonds. The molecule has 0 aromatic heterocycles. The highest BCUT2D eigenvalue weighted by molar-refractivity contribution is 6.48. The van der Waals surface area contributed by atoms with Crippen molar-refractivity contribution in [3.8, 4) is 0 Å². The highest BCUT2D eigenvalue weighted by Crippen LogP contribution is 2.24. The van der Waals surface area contributed by atoms with Gasteiger partial charge in [-0.2, -0.15) is 0 Å². The summed E-state index contributed by atoms with van der Waals surface area (Å²) in [5.74, 6) is 0. The molecule has 0 fully saturated rings. The molecule has 0 saturated heterocycles. The van der Waals surface area contributed by atoms with Crippen molar-refractivity contribution in [1.82, 2.24) is 0 Å². The Kier molecular flexibility index (Phi) is 12.3. The van der Waals surface area contributed by atoms with Gasteiger partial charge >= 0.3 is 12.3 Å². The van der Waals surface area contributed by atoms with Gasteiger partial charge in [-0.25, -0.2) is 9.59 Å². The topological polar surface area (TPSA) is 93.1 Å². The summed E-state index contributed by atoms with van der Waals surface area (Å²) < 4.78 is 7.24. The molecule has 0 aromatic rings. The van der Waals surface area contributed by atoms with Crippen LogP contribution in [0.3, 0.4) is 0 Å². The number of hydrogen-bond acceptors (Lipinski definition) is 4. The third-order valence-electron chi connectivity index (χ3n) is 1.75. The van der Waals surface area contributed by atoms with E-state index in [0.717, 1.165) is 6.42 Å². The van der Waals surface area contributed by atoms with Gasteiger partial charge in [-0.3, -0.25) is 0 Å². The van der Waals surface area contributed by atoms with Crippen LogP contribution < -0.4 is 0 Å². The highest BCUT2D eigenvalue weighted by Gasteiger charge is 2.23. The Hall–Kier alpha value is -0.590. The molecule has 0 heterocycles. The molecule has 0 aromatic carbocycles. The molecule has 19 heavy (non-hydrogen) atoms. The lowest BCUT2D eigenvalue weighted by Crippen LogP contribution is -2.21. The summed E-state index contributed by atoms with van der Waals surface area (Å²) in [4.78, 5) is 19.6. The molecule has 0 aliphatic heterocycles. The number of ether oxygens (including phenoxy) is 2. The molecule has 0 rings (SSSR count). The Labute approximate surface area is 126 Å². The fourth-order valence-corrected chi connectivity index (χ4v) is 0.721. The first-order valence-electron chi connectivity index (χ1n) is 5.38. The predicted octanol–water partition coefficient (Wildman–Crippen LogP) is 3.96. The third-order valence-corrected chi connectivity index (χ3v) is 2.94. The Morgan fingerprint density at radius 1 is 1.16 bits per heavy atom. The van der Waals surface area contributed by atoms with Crippen molar-refractivity contribution >= 4 is 47.1 Å². The van der Waals surface area contributed by atoms with Gasteiger partial charge in [-0.15, -0.1) is 11.6 Å². The number of hydrogen-bond donors (Lipinski definition) is 2. The minimum atomic E-state index is -1.36. The lowest BCUT2D eigenvalue weighted by molar-refractivity contribution is 0.0879. The van der Waals surface area contributed by atoms with Gasteiger partial charge in [0.2, 0.25) is 0 Å². The molecule has 0 aliphatic rings. The lowest BCUT2D eigenvalue weighted by atomic mass is 10.3. The second-order valence-electron chi connectivity index (χ2n) is 3.35. The molecule has 0 bridgehead atoms. The summed E-state index contributed by atoms with van der Waals surface area (Å²) >= 11 is 16.6. The van der Waals surface area contributed by atoms with E-state index in [-0.39, 0.29) is 18.6 Å². The van der Waals surface area contributed by atoms with Gasteiger partial charge in [0.25, 0.3) is 0 Å². The average Bonchev–Trinajstić information content (AvgIpc) is 2.34. The van der Waals surface area contributed by atoms with Gasteiger partial charge < -0.3 is 19.7 Å². The van der Waals surface area contributed by atoms with Crippen LogP contribution in [0, 0.1) is 0 Å². The number of carbonyl (C=O) groups is 2. The maximum Gasteiger partial charge on any atom is 0.505 e. The van der Waals surface area contributed by atoms with Gasteiger partial charge in [0.1, 0.15) is 13.2 Å². The van der Waals surface area contributed by atoms with Crippen molar-refractivity contribution in [2.24, 2.45) is 0 Å². The van der Waals surface area contributed by atoms with Gasteiger partial charge in [0.15, 0.2) is 4.33 Å². The van der Waals surface area contributed by atoms with Gasteiger partial charge in [-0.05, 0) is 12.8 Å². The van der Waals surface area contributed by atoms with E-state index in [9.17, 15) is 9.59 Å². The predicted molar refractivity (Wildman–Crippen MR) is 72.6 cm³/mol. The molecule has 9 heteroatoms. The minimum Gasteiger partial charge on any atom is -0.450 e. The molecule has 0 saturated carbocycles. The molecule has 1 unspecified atom stereocenters. The van der Waals surface area contributed by atoms with Crippen molar-refractivity contribution in [1.29, 1.82) is 0 Å². The van der Waals surface area contributed by atoms with Crippen LogP contribution in [-0.2, 0) is 9.47 Å². The van der Waals surface area contributed by atoms with E-state index in [1.807, 2.05) is 6.92 Å². The van der Waals surface area contributed by atoms with Crippen LogP contribution in [-0.4, -0.2) is 45.4 Å². The zero-order valence-corrected chi connectivity index (χ0v) is 12.8. The quantitative estimate of drug-likeness (QED) is 0.562. The number of carboxylic acid groups (broad SMARTS) is 2. The summed E-state index contributed by atoms with van der Waals surface area (Å²) in [5.41, 5.74) is 0. The summed E-state index contributed by atoms with van der Waals surface area (Å²) in [6.45, 7) is 3.49. The molecule has 1 atom stereocenters. The molecule has 2 N–H and O–H groups in total. The zero-order valence-electron chi connectivity index (χ0n) is 10.6. The van der Waals surface area contributed by atoms with E-state index < -0.39 is 16.6 Å². The van der Waals surface area contributed by atoms with Crippen molar-refractivity contribution < 1.29 is 29.3 Å². The van der Waals surface area contributed by atoms with Gasteiger partial charge in [0, 0.05) is 0 Å². The first-order chi connectivity index (χ1) is 8.64. The summed E-state index contributed by atoms with van der Waals surface area (Å²) in [7, 11) is 0. The van der Waals surface area contributed by atoms with E-state index in [1.54, 1.807) is 6.92 Å². The van der Waals surface area contributed by atoms with Crippen molar-refractivity contribution in [2.45, 2.75) is 36.4 Å². The lowest BCUT2D eigenvalue weighted by Gasteiger charge is -2.14. The smallest absolute Gasteiger partial charge is 0.450 e. The summed E-state index contributed by atoms with van der Waals surface area (Å²) in [6.07, 6.45) is -1.47. The Bertz CT molecular complexity index is 272. The van der Waals surface area contributed by atoms with Gasteiger partial charge in [0.05, 0.1) is 5.38 Å². The van der Waals surface area contributed by atoms with Crippen LogP contribution in [0.15, 0.2) is 0 Å². The van der Waals surface area contributed by atoms with Gasteiger partial charge in [-0.1, -0.05) is 37.0 Å². The summed E-state index contributed by atoms with van der Waals surface area (Å²) in [5, 5.41) is 15.8. The molecule has 0 aliphatic carbocycles. The number of rotatable bonds is 6. The van der Waals surface area contributed by atoms with Crippen LogP contribution in [0.25, 0.3) is 0 Å². The van der Waals surface area contributed by atoms with E-state index in [0.29, 0.717) is 6.42 Å². The molecular formula is C10H17Cl3O6. The van der Waals surface area contributed by atoms with Crippen molar-refractivity contribution in [2.75, 3.05) is 13.2 Å². The third kappa shape index (κ3) is 17.4. The second-order valence-corrected chi connectivity index (χ2v) is 5.60. The first kappa shape index (κ1) is 20.7. The molecule has 0 radical (unpaired) electrons. The fourth-order valence-electron chi connectivity index (χ4n) is 0.549. The van der Waals surface area contributed by atoms with E-state index in [2.05, 4.69) is 9.47 Å². The monoisotopic (exact) mass is 338 g/mol. The Morgan fingerprint density at radius 3 is 1.95 bits per heavy atom. The largest absolute Gasteiger partial charge is 0.505 e. The second kappa shape index (κ2) is 11.3. The maximum absolute atomic E-state index is 9.82. The van der Waals surface area contributed by atoms with Crippen LogP contribution in [0.1, 0.15) is 26.7 Å². The average molecular weight is 340 g/mol. The van der Waals surface area contributed by atoms with Crippen molar-refractivity contribution in [3.05, 3.63) is 0 Å². The minimum absolute atomic E-state index is 0.0768. The van der Waals surface area contributed by atoms with Crippen LogP contribution >= 0.6 is 34.8 Å². The summed E-state index contributed by atoms with van der Waals surface area (Å²) in [6, 6.07) is 0. The SMILES string of the molecule is CCC(Cl)(Cl)COC(=O)O.CCC(Cl)COC(=O)O. The van der Waals surface area contributed by atoms with E-state index in [1.165, 1.54) is 0 Å². The fraction of sp³-hybridized carbons (Fsp3) is 0.800.